The number of pyridine rings is 1. The molecule has 0 bridgehead atoms. The molecule has 112 valence electrons. The Hall–Kier alpha value is -2.09. The van der Waals surface area contributed by atoms with Gasteiger partial charge in [0.05, 0.1) is 10.4 Å². The monoisotopic (exact) mass is 315 g/mol. The maximum Gasteiger partial charge on any atom is 0.419 e. The molecular weight excluding hydrogens is 303 g/mol. The van der Waals surface area contributed by atoms with Crippen LogP contribution in [0, 0.1) is 0 Å². The van der Waals surface area contributed by atoms with Crippen molar-refractivity contribution in [1.29, 1.82) is 0 Å². The molecule has 0 aliphatic carbocycles. The zero-order valence-electron chi connectivity index (χ0n) is 10.8. The van der Waals surface area contributed by atoms with Gasteiger partial charge in [0.25, 0.3) is 5.91 Å². The minimum absolute atomic E-state index is 0.150. The number of amides is 1. The van der Waals surface area contributed by atoms with Crippen LogP contribution in [-0.2, 0) is 6.18 Å². The van der Waals surface area contributed by atoms with Crippen molar-refractivity contribution in [2.45, 2.75) is 6.18 Å². The lowest BCUT2D eigenvalue weighted by Crippen LogP contribution is -2.28. The Labute approximate surface area is 123 Å². The van der Waals surface area contributed by atoms with E-state index >= 15 is 0 Å². The summed E-state index contributed by atoms with van der Waals surface area (Å²) < 4.78 is 38.2. The Morgan fingerprint density at radius 3 is 2.71 bits per heavy atom. The quantitative estimate of drug-likeness (QED) is 0.834. The fourth-order valence-electron chi connectivity index (χ4n) is 1.63. The number of rotatable bonds is 5. The van der Waals surface area contributed by atoms with Crippen LogP contribution < -0.4 is 10.6 Å². The Balaban J connectivity index is 1.86. The lowest BCUT2D eigenvalue weighted by Gasteiger charge is -2.13. The number of thiophene rings is 1. The second kappa shape index (κ2) is 6.57. The van der Waals surface area contributed by atoms with Gasteiger partial charge in [-0.05, 0) is 23.6 Å². The number of halogens is 3. The molecule has 2 aromatic heterocycles. The molecule has 0 spiro atoms. The van der Waals surface area contributed by atoms with Gasteiger partial charge >= 0.3 is 6.18 Å². The predicted molar refractivity (Wildman–Crippen MR) is 74.4 cm³/mol. The van der Waals surface area contributed by atoms with Gasteiger partial charge in [-0.2, -0.15) is 13.2 Å². The molecule has 0 fully saturated rings. The molecule has 0 saturated heterocycles. The van der Waals surface area contributed by atoms with Crippen molar-refractivity contribution in [3.8, 4) is 0 Å². The van der Waals surface area contributed by atoms with Crippen molar-refractivity contribution < 1.29 is 18.0 Å². The lowest BCUT2D eigenvalue weighted by atomic mass is 10.2. The van der Waals surface area contributed by atoms with Crippen molar-refractivity contribution in [2.24, 2.45) is 0 Å². The van der Waals surface area contributed by atoms with Crippen LogP contribution >= 0.6 is 11.3 Å². The maximum absolute atomic E-state index is 12.7. The minimum Gasteiger partial charge on any atom is -0.368 e. The van der Waals surface area contributed by atoms with Crippen LogP contribution in [0.15, 0.2) is 35.8 Å². The standard InChI is InChI=1S/C13H12F3N3OS/c14-13(15,16)9-3-1-5-17-11(9)18-6-7-19-12(20)10-4-2-8-21-10/h1-5,8H,6-7H2,(H,17,18)(H,19,20). The van der Waals surface area contributed by atoms with E-state index in [-0.39, 0.29) is 24.8 Å². The van der Waals surface area contributed by atoms with Crippen molar-refractivity contribution in [1.82, 2.24) is 10.3 Å². The first-order valence-electron chi connectivity index (χ1n) is 6.06. The van der Waals surface area contributed by atoms with E-state index in [1.165, 1.54) is 23.6 Å². The number of hydrogen-bond acceptors (Lipinski definition) is 4. The van der Waals surface area contributed by atoms with Crippen LogP contribution in [0.25, 0.3) is 0 Å². The molecule has 0 aromatic carbocycles. The van der Waals surface area contributed by atoms with E-state index in [0.717, 1.165) is 6.07 Å². The van der Waals surface area contributed by atoms with Gasteiger partial charge in [0.15, 0.2) is 0 Å². The summed E-state index contributed by atoms with van der Waals surface area (Å²) in [5.74, 6) is -0.487. The van der Waals surface area contributed by atoms with Gasteiger partial charge in [0.2, 0.25) is 0 Å². The van der Waals surface area contributed by atoms with E-state index in [2.05, 4.69) is 15.6 Å². The summed E-state index contributed by atoms with van der Waals surface area (Å²) in [6, 6.07) is 5.61. The molecule has 0 radical (unpaired) electrons. The van der Waals surface area contributed by atoms with Gasteiger partial charge < -0.3 is 10.6 Å². The van der Waals surface area contributed by atoms with Crippen LogP contribution in [0.3, 0.4) is 0 Å². The highest BCUT2D eigenvalue weighted by Gasteiger charge is 2.33. The van der Waals surface area contributed by atoms with Crippen LogP contribution in [0.4, 0.5) is 19.0 Å². The summed E-state index contributed by atoms with van der Waals surface area (Å²) in [4.78, 5) is 15.8. The maximum atomic E-state index is 12.7. The van der Waals surface area contributed by atoms with Gasteiger partial charge in [0.1, 0.15) is 5.82 Å². The van der Waals surface area contributed by atoms with Gasteiger partial charge in [-0.25, -0.2) is 4.98 Å². The molecule has 8 heteroatoms. The average molecular weight is 315 g/mol. The molecule has 2 aromatic rings. The summed E-state index contributed by atoms with van der Waals surface area (Å²) in [7, 11) is 0. The Morgan fingerprint density at radius 2 is 2.05 bits per heavy atom. The Morgan fingerprint density at radius 1 is 1.24 bits per heavy atom. The second-order valence-corrected chi connectivity index (χ2v) is 5.01. The van der Waals surface area contributed by atoms with E-state index in [4.69, 9.17) is 0 Å². The van der Waals surface area contributed by atoms with Gasteiger partial charge in [-0.15, -0.1) is 11.3 Å². The molecule has 2 heterocycles. The fourth-order valence-corrected chi connectivity index (χ4v) is 2.27. The van der Waals surface area contributed by atoms with Crippen molar-refractivity contribution in [3.63, 3.8) is 0 Å². The van der Waals surface area contributed by atoms with Crippen LogP contribution in [-0.4, -0.2) is 24.0 Å². The van der Waals surface area contributed by atoms with E-state index in [9.17, 15) is 18.0 Å². The number of carbonyl (C=O) groups excluding carboxylic acids is 1. The first-order valence-corrected chi connectivity index (χ1v) is 6.94. The molecule has 0 aliphatic heterocycles. The molecule has 0 aliphatic rings. The summed E-state index contributed by atoms with van der Waals surface area (Å²) in [5, 5.41) is 6.97. The Kier molecular flexibility index (Phi) is 4.79. The largest absolute Gasteiger partial charge is 0.419 e. The third kappa shape index (κ3) is 4.19. The lowest BCUT2D eigenvalue weighted by molar-refractivity contribution is -0.137. The van der Waals surface area contributed by atoms with Crippen molar-refractivity contribution in [3.05, 3.63) is 46.3 Å². The molecule has 0 atom stereocenters. The molecular formula is C13H12F3N3OS. The number of aromatic nitrogens is 1. The summed E-state index contributed by atoms with van der Waals surface area (Å²) in [6.45, 7) is 0.349. The van der Waals surface area contributed by atoms with Crippen LogP contribution in [0.1, 0.15) is 15.2 Å². The topological polar surface area (TPSA) is 54.0 Å². The number of hydrogen-bond donors (Lipinski definition) is 2. The number of carbonyl (C=O) groups is 1. The van der Waals surface area contributed by atoms with Crippen molar-refractivity contribution in [2.75, 3.05) is 18.4 Å². The zero-order valence-corrected chi connectivity index (χ0v) is 11.6. The zero-order chi connectivity index (χ0) is 15.3. The molecule has 0 unspecified atom stereocenters. The highest BCUT2D eigenvalue weighted by atomic mass is 32.1. The van der Waals surface area contributed by atoms with E-state index < -0.39 is 11.7 Å². The number of anilines is 1. The SMILES string of the molecule is O=C(NCCNc1ncccc1C(F)(F)F)c1cccs1. The first-order chi connectivity index (χ1) is 9.98. The molecule has 2 N–H and O–H groups in total. The number of alkyl halides is 3. The van der Waals surface area contributed by atoms with E-state index in [1.54, 1.807) is 17.5 Å². The number of nitrogens with one attached hydrogen (secondary N) is 2. The molecule has 21 heavy (non-hydrogen) atoms. The van der Waals surface area contributed by atoms with E-state index in [1.807, 2.05) is 0 Å². The predicted octanol–water partition coefficient (Wildman–Crippen LogP) is 3.00. The average Bonchev–Trinajstić information content (AvgIpc) is 2.97. The minimum atomic E-state index is -4.46. The molecule has 2 rings (SSSR count). The summed E-state index contributed by atoms with van der Waals surface area (Å²) in [6.07, 6.45) is -3.18. The van der Waals surface area contributed by atoms with Gasteiger partial charge in [-0.1, -0.05) is 6.07 Å². The smallest absolute Gasteiger partial charge is 0.368 e. The van der Waals surface area contributed by atoms with Gasteiger partial charge in [-0.3, -0.25) is 4.79 Å². The van der Waals surface area contributed by atoms with Crippen LogP contribution in [0.2, 0.25) is 0 Å². The Bertz CT molecular complexity index is 599. The first kappa shape index (κ1) is 15.3. The highest BCUT2D eigenvalue weighted by molar-refractivity contribution is 7.12. The third-order valence-electron chi connectivity index (χ3n) is 2.56. The summed E-state index contributed by atoms with van der Waals surface area (Å²) in [5.41, 5.74) is -0.824. The molecule has 1 amide bonds. The van der Waals surface area contributed by atoms with Crippen LogP contribution in [0.5, 0.6) is 0 Å². The highest BCUT2D eigenvalue weighted by Crippen LogP contribution is 2.33. The second-order valence-electron chi connectivity index (χ2n) is 4.06. The number of nitrogens with zero attached hydrogens (tertiary/aromatic N) is 1. The van der Waals surface area contributed by atoms with Gasteiger partial charge in [0, 0.05) is 19.3 Å². The van der Waals surface area contributed by atoms with E-state index in [0.29, 0.717) is 4.88 Å². The molecule has 0 saturated carbocycles. The summed E-state index contributed by atoms with van der Waals surface area (Å²) >= 11 is 1.30. The third-order valence-corrected chi connectivity index (χ3v) is 3.43. The fraction of sp³-hybridized carbons (Fsp3) is 0.231. The van der Waals surface area contributed by atoms with Crippen molar-refractivity contribution >= 4 is 23.1 Å². The molecule has 4 nitrogen and oxygen atoms in total. The normalized spacial score (nSPS) is 11.2.